The maximum Gasteiger partial charge on any atom is 0.130 e. The summed E-state index contributed by atoms with van der Waals surface area (Å²) in [6.45, 7) is 1.91. The van der Waals surface area contributed by atoms with Crippen molar-refractivity contribution in [2.45, 2.75) is 6.42 Å². The van der Waals surface area contributed by atoms with Crippen molar-refractivity contribution in [3.05, 3.63) is 41.2 Å². The Kier molecular flexibility index (Phi) is 4.11. The summed E-state index contributed by atoms with van der Waals surface area (Å²) in [7, 11) is 0. The van der Waals surface area contributed by atoms with Gasteiger partial charge in [0.2, 0.25) is 0 Å². The Hall–Kier alpha value is -0.860. The molecule has 0 aromatic heterocycles. The summed E-state index contributed by atoms with van der Waals surface area (Å²) < 4.78 is 13.2. The summed E-state index contributed by atoms with van der Waals surface area (Å²) in [6, 6.07) is 6.87. The van der Waals surface area contributed by atoms with E-state index in [0.29, 0.717) is 5.56 Å². The molecule has 14 heavy (non-hydrogen) atoms. The molecule has 1 fully saturated rings. The van der Waals surface area contributed by atoms with Gasteiger partial charge in [-0.25, -0.2) is 4.39 Å². The Morgan fingerprint density at radius 1 is 1.29 bits per heavy atom. The summed E-state index contributed by atoms with van der Waals surface area (Å²) >= 11 is 0. The van der Waals surface area contributed by atoms with E-state index in [4.69, 9.17) is 0 Å². The zero-order chi connectivity index (χ0) is 9.10. The van der Waals surface area contributed by atoms with Crippen molar-refractivity contribution in [2.75, 3.05) is 13.1 Å². The highest BCUT2D eigenvalue weighted by Gasteiger charge is 2.06. The molecule has 0 aliphatic carbocycles. The fraction of sp³-hybridized carbons (Fsp3) is 0.273. The van der Waals surface area contributed by atoms with E-state index in [1.54, 1.807) is 12.1 Å². The normalized spacial score (nSPS) is 18.2. The third-order valence-corrected chi connectivity index (χ3v) is 2.24. The second-order valence-corrected chi connectivity index (χ2v) is 3.25. The van der Waals surface area contributed by atoms with E-state index in [-0.39, 0.29) is 18.2 Å². The first-order valence-corrected chi connectivity index (χ1v) is 4.51. The SMILES string of the molecule is Cl.Fc1ccccc1C=C1CCNC1. The van der Waals surface area contributed by atoms with Gasteiger partial charge in [0.25, 0.3) is 0 Å². The fourth-order valence-corrected chi connectivity index (χ4v) is 1.52. The highest BCUT2D eigenvalue weighted by atomic mass is 35.5. The number of hydrogen-bond donors (Lipinski definition) is 1. The molecule has 1 aliphatic heterocycles. The predicted octanol–water partition coefficient (Wildman–Crippen LogP) is 2.62. The molecule has 1 aromatic rings. The van der Waals surface area contributed by atoms with Gasteiger partial charge >= 0.3 is 0 Å². The Balaban J connectivity index is 0.000000980. The van der Waals surface area contributed by atoms with Crippen LogP contribution in [0.5, 0.6) is 0 Å². The van der Waals surface area contributed by atoms with Crippen LogP contribution < -0.4 is 5.32 Å². The van der Waals surface area contributed by atoms with Crippen molar-refractivity contribution < 1.29 is 4.39 Å². The predicted molar refractivity (Wildman–Crippen MR) is 59.1 cm³/mol. The second-order valence-electron chi connectivity index (χ2n) is 3.25. The Labute approximate surface area is 89.4 Å². The van der Waals surface area contributed by atoms with Crippen molar-refractivity contribution in [1.29, 1.82) is 0 Å². The van der Waals surface area contributed by atoms with E-state index in [0.717, 1.165) is 19.5 Å². The average Bonchev–Trinajstić information content (AvgIpc) is 2.61. The maximum atomic E-state index is 13.2. The summed E-state index contributed by atoms with van der Waals surface area (Å²) in [6.07, 6.45) is 2.98. The second kappa shape index (κ2) is 5.13. The topological polar surface area (TPSA) is 12.0 Å². The minimum Gasteiger partial charge on any atom is -0.313 e. The van der Waals surface area contributed by atoms with Crippen LogP contribution in [0.2, 0.25) is 0 Å². The van der Waals surface area contributed by atoms with Gasteiger partial charge in [0.05, 0.1) is 0 Å². The van der Waals surface area contributed by atoms with Crippen molar-refractivity contribution >= 4 is 18.5 Å². The zero-order valence-corrected chi connectivity index (χ0v) is 8.61. The average molecular weight is 214 g/mol. The van der Waals surface area contributed by atoms with Crippen LogP contribution in [0.3, 0.4) is 0 Å². The molecule has 0 unspecified atom stereocenters. The van der Waals surface area contributed by atoms with E-state index in [1.807, 2.05) is 12.1 Å². The number of benzene rings is 1. The van der Waals surface area contributed by atoms with Crippen LogP contribution >= 0.6 is 12.4 Å². The quantitative estimate of drug-likeness (QED) is 0.756. The maximum absolute atomic E-state index is 13.2. The van der Waals surface area contributed by atoms with Crippen LogP contribution in [0.1, 0.15) is 12.0 Å². The summed E-state index contributed by atoms with van der Waals surface area (Å²) in [5.41, 5.74) is 1.98. The van der Waals surface area contributed by atoms with Gasteiger partial charge in [-0.3, -0.25) is 0 Å². The molecule has 3 heteroatoms. The molecular weight excluding hydrogens is 201 g/mol. The standard InChI is InChI=1S/C11H12FN.ClH/c12-11-4-2-1-3-10(11)7-9-5-6-13-8-9;/h1-4,7,13H,5-6,8H2;1H. The van der Waals surface area contributed by atoms with Crippen LogP contribution in [0.15, 0.2) is 29.8 Å². The molecule has 1 aromatic carbocycles. The Morgan fingerprint density at radius 2 is 2.07 bits per heavy atom. The lowest BCUT2D eigenvalue weighted by Crippen LogP contribution is -2.04. The molecular formula is C11H13ClFN. The first-order chi connectivity index (χ1) is 6.36. The molecule has 1 aliphatic rings. The lowest BCUT2D eigenvalue weighted by Gasteiger charge is -1.97. The molecule has 0 radical (unpaired) electrons. The zero-order valence-electron chi connectivity index (χ0n) is 7.79. The van der Waals surface area contributed by atoms with Gasteiger partial charge in [0.1, 0.15) is 5.82 Å². The molecule has 0 saturated carbocycles. The van der Waals surface area contributed by atoms with Gasteiger partial charge < -0.3 is 5.32 Å². The smallest absolute Gasteiger partial charge is 0.130 e. The van der Waals surface area contributed by atoms with E-state index in [9.17, 15) is 4.39 Å². The van der Waals surface area contributed by atoms with Gasteiger partial charge in [-0.2, -0.15) is 0 Å². The van der Waals surface area contributed by atoms with E-state index in [2.05, 4.69) is 5.32 Å². The largest absolute Gasteiger partial charge is 0.313 e. The summed E-state index contributed by atoms with van der Waals surface area (Å²) in [5.74, 6) is -0.137. The van der Waals surface area contributed by atoms with Crippen LogP contribution in [0.25, 0.3) is 6.08 Å². The summed E-state index contributed by atoms with van der Waals surface area (Å²) in [4.78, 5) is 0. The van der Waals surface area contributed by atoms with Gasteiger partial charge in [-0.05, 0) is 19.0 Å². The Morgan fingerprint density at radius 3 is 2.71 bits per heavy atom. The molecule has 2 rings (SSSR count). The van der Waals surface area contributed by atoms with E-state index < -0.39 is 0 Å². The van der Waals surface area contributed by atoms with Crippen molar-refractivity contribution in [3.8, 4) is 0 Å². The third-order valence-electron chi connectivity index (χ3n) is 2.24. The van der Waals surface area contributed by atoms with E-state index >= 15 is 0 Å². The lowest BCUT2D eigenvalue weighted by molar-refractivity contribution is 0.625. The van der Waals surface area contributed by atoms with Crippen molar-refractivity contribution in [2.24, 2.45) is 0 Å². The fourth-order valence-electron chi connectivity index (χ4n) is 1.52. The molecule has 1 nitrogen and oxygen atoms in total. The highest BCUT2D eigenvalue weighted by Crippen LogP contribution is 2.14. The van der Waals surface area contributed by atoms with Crippen molar-refractivity contribution in [3.63, 3.8) is 0 Å². The molecule has 0 atom stereocenters. The van der Waals surface area contributed by atoms with Crippen LogP contribution in [0.4, 0.5) is 4.39 Å². The molecule has 0 bridgehead atoms. The molecule has 0 spiro atoms. The molecule has 0 amide bonds. The lowest BCUT2D eigenvalue weighted by atomic mass is 10.1. The number of rotatable bonds is 1. The van der Waals surface area contributed by atoms with Crippen LogP contribution in [-0.2, 0) is 0 Å². The molecule has 1 N–H and O–H groups in total. The highest BCUT2D eigenvalue weighted by molar-refractivity contribution is 5.85. The number of hydrogen-bond acceptors (Lipinski definition) is 1. The van der Waals surface area contributed by atoms with Gasteiger partial charge in [0.15, 0.2) is 0 Å². The number of halogens is 2. The summed E-state index contributed by atoms with van der Waals surface area (Å²) in [5, 5.41) is 3.22. The van der Waals surface area contributed by atoms with Crippen LogP contribution in [-0.4, -0.2) is 13.1 Å². The van der Waals surface area contributed by atoms with Gasteiger partial charge in [0, 0.05) is 12.1 Å². The monoisotopic (exact) mass is 213 g/mol. The van der Waals surface area contributed by atoms with Gasteiger partial charge in [-0.15, -0.1) is 12.4 Å². The minimum absolute atomic E-state index is 0. The van der Waals surface area contributed by atoms with Crippen LogP contribution in [0, 0.1) is 5.82 Å². The Bertz CT molecular complexity index is 328. The first-order valence-electron chi connectivity index (χ1n) is 4.51. The molecule has 1 saturated heterocycles. The van der Waals surface area contributed by atoms with Crippen molar-refractivity contribution in [1.82, 2.24) is 5.32 Å². The third kappa shape index (κ3) is 2.56. The van der Waals surface area contributed by atoms with Gasteiger partial charge in [-0.1, -0.05) is 29.8 Å². The van der Waals surface area contributed by atoms with E-state index in [1.165, 1.54) is 11.6 Å². The minimum atomic E-state index is -0.137. The number of nitrogens with one attached hydrogen (secondary N) is 1. The first kappa shape index (κ1) is 11.2. The molecule has 1 heterocycles. The molecule has 76 valence electrons.